The molecule has 26 heavy (non-hydrogen) atoms. The third-order valence-electron chi connectivity index (χ3n) is 4.80. The number of nitrogens with one attached hydrogen (secondary N) is 1. The summed E-state index contributed by atoms with van der Waals surface area (Å²) in [6.45, 7) is 6.60. The van der Waals surface area contributed by atoms with Crippen molar-refractivity contribution in [1.82, 2.24) is 20.0 Å². The van der Waals surface area contributed by atoms with Crippen molar-refractivity contribution in [2.24, 2.45) is 0 Å². The van der Waals surface area contributed by atoms with Gasteiger partial charge in [-0.25, -0.2) is 4.39 Å². The van der Waals surface area contributed by atoms with E-state index in [0.29, 0.717) is 29.4 Å². The van der Waals surface area contributed by atoms with Crippen LogP contribution < -0.4 is 5.32 Å². The number of amides is 1. The van der Waals surface area contributed by atoms with Gasteiger partial charge in [0.15, 0.2) is 0 Å². The van der Waals surface area contributed by atoms with Gasteiger partial charge in [0.25, 0.3) is 5.91 Å². The molecule has 2 aromatic rings. The van der Waals surface area contributed by atoms with E-state index >= 15 is 0 Å². The fourth-order valence-electron chi connectivity index (χ4n) is 3.37. The Morgan fingerprint density at radius 2 is 2.12 bits per heavy atom. The van der Waals surface area contributed by atoms with Gasteiger partial charge in [0, 0.05) is 42.8 Å². The van der Waals surface area contributed by atoms with E-state index in [1.165, 1.54) is 6.07 Å². The molecule has 1 aliphatic rings. The first-order valence-electron chi connectivity index (χ1n) is 8.98. The van der Waals surface area contributed by atoms with E-state index in [0.717, 1.165) is 31.6 Å². The molecule has 1 aromatic carbocycles. The van der Waals surface area contributed by atoms with Crippen molar-refractivity contribution >= 4 is 17.5 Å². The highest BCUT2D eigenvalue weighted by atomic mass is 35.5. The van der Waals surface area contributed by atoms with Crippen LogP contribution in [0.2, 0.25) is 5.02 Å². The lowest BCUT2D eigenvalue weighted by Crippen LogP contribution is -2.44. The van der Waals surface area contributed by atoms with Crippen molar-refractivity contribution in [1.29, 1.82) is 0 Å². The summed E-state index contributed by atoms with van der Waals surface area (Å²) in [6, 6.07) is 6.70. The summed E-state index contributed by atoms with van der Waals surface area (Å²) >= 11 is 6.11. The Morgan fingerprint density at radius 3 is 2.77 bits per heavy atom. The molecule has 7 heteroatoms. The number of rotatable bonds is 5. The third kappa shape index (κ3) is 4.24. The largest absolute Gasteiger partial charge is 0.348 e. The molecular weight excluding hydrogens is 355 g/mol. The van der Waals surface area contributed by atoms with Gasteiger partial charge in [-0.05, 0) is 44.9 Å². The summed E-state index contributed by atoms with van der Waals surface area (Å²) in [6.07, 6.45) is 1.66. The zero-order valence-corrected chi connectivity index (χ0v) is 15.9. The molecule has 5 nitrogen and oxygen atoms in total. The average Bonchev–Trinajstić information content (AvgIpc) is 3.01. The molecule has 0 bridgehead atoms. The monoisotopic (exact) mass is 378 g/mol. The zero-order valence-electron chi connectivity index (χ0n) is 15.1. The van der Waals surface area contributed by atoms with Crippen LogP contribution in [-0.2, 0) is 13.1 Å². The Bertz CT molecular complexity index is 764. The summed E-state index contributed by atoms with van der Waals surface area (Å²) in [7, 11) is 0. The van der Waals surface area contributed by atoms with Crippen LogP contribution in [0.3, 0.4) is 0 Å². The molecule has 3 rings (SSSR count). The number of piperidine rings is 1. The summed E-state index contributed by atoms with van der Waals surface area (Å²) in [5.41, 5.74) is 1.98. The van der Waals surface area contributed by atoms with E-state index < -0.39 is 0 Å². The number of halogens is 2. The molecule has 140 valence electrons. The van der Waals surface area contributed by atoms with Crippen LogP contribution in [-0.4, -0.2) is 39.7 Å². The molecule has 1 aromatic heterocycles. The van der Waals surface area contributed by atoms with Crippen LogP contribution in [0, 0.1) is 12.7 Å². The van der Waals surface area contributed by atoms with Gasteiger partial charge in [-0.1, -0.05) is 17.7 Å². The number of likely N-dealkylation sites (tertiary alicyclic amines) is 1. The van der Waals surface area contributed by atoms with E-state index in [-0.39, 0.29) is 17.8 Å². The van der Waals surface area contributed by atoms with Crippen LogP contribution in [0.1, 0.15) is 41.5 Å². The van der Waals surface area contributed by atoms with Crippen molar-refractivity contribution in [3.8, 4) is 0 Å². The molecule has 1 N–H and O–H groups in total. The molecule has 1 aliphatic heterocycles. The minimum atomic E-state index is -0.267. The number of hydrogen-bond acceptors (Lipinski definition) is 3. The molecule has 0 saturated carbocycles. The van der Waals surface area contributed by atoms with Crippen LogP contribution in [0.4, 0.5) is 4.39 Å². The summed E-state index contributed by atoms with van der Waals surface area (Å²) < 4.78 is 15.7. The fourth-order valence-corrected chi connectivity index (χ4v) is 3.59. The maximum absolute atomic E-state index is 13.9. The highest BCUT2D eigenvalue weighted by molar-refractivity contribution is 6.31. The predicted octanol–water partition coefficient (Wildman–Crippen LogP) is 3.40. The van der Waals surface area contributed by atoms with Crippen molar-refractivity contribution in [2.75, 3.05) is 13.1 Å². The summed E-state index contributed by atoms with van der Waals surface area (Å²) in [5, 5.41) is 7.88. The van der Waals surface area contributed by atoms with Gasteiger partial charge in [-0.3, -0.25) is 14.4 Å². The third-order valence-corrected chi connectivity index (χ3v) is 5.15. The Balaban J connectivity index is 1.54. The van der Waals surface area contributed by atoms with E-state index in [9.17, 15) is 9.18 Å². The van der Waals surface area contributed by atoms with Gasteiger partial charge in [0.1, 0.15) is 11.5 Å². The molecule has 0 spiro atoms. The standard InChI is InChI=1S/C19H24ClFN4O/c1-3-25-18(11-13(2)23-25)19(26)22-14-7-9-24(10-8-14)12-15-16(20)5-4-6-17(15)21/h4-6,11,14H,3,7-10,12H2,1-2H3,(H,22,26). The lowest BCUT2D eigenvalue weighted by atomic mass is 10.0. The van der Waals surface area contributed by atoms with Gasteiger partial charge in [-0.2, -0.15) is 5.10 Å². The van der Waals surface area contributed by atoms with Crippen LogP contribution in [0.25, 0.3) is 0 Å². The van der Waals surface area contributed by atoms with Crippen molar-refractivity contribution in [3.63, 3.8) is 0 Å². The average molecular weight is 379 g/mol. The van der Waals surface area contributed by atoms with E-state index in [4.69, 9.17) is 11.6 Å². The first-order valence-corrected chi connectivity index (χ1v) is 9.36. The molecule has 2 heterocycles. The quantitative estimate of drug-likeness (QED) is 0.867. The number of carbonyl (C=O) groups is 1. The molecule has 0 radical (unpaired) electrons. The fraction of sp³-hybridized carbons (Fsp3) is 0.474. The Kier molecular flexibility index (Phi) is 5.94. The first-order chi connectivity index (χ1) is 12.5. The molecule has 0 aliphatic carbocycles. The van der Waals surface area contributed by atoms with Crippen LogP contribution in [0.15, 0.2) is 24.3 Å². The van der Waals surface area contributed by atoms with E-state index in [1.54, 1.807) is 16.8 Å². The van der Waals surface area contributed by atoms with Crippen molar-refractivity contribution < 1.29 is 9.18 Å². The van der Waals surface area contributed by atoms with E-state index in [2.05, 4.69) is 15.3 Å². The molecule has 1 amide bonds. The lowest BCUT2D eigenvalue weighted by molar-refractivity contribution is 0.0898. The minimum absolute atomic E-state index is 0.0805. The van der Waals surface area contributed by atoms with Crippen molar-refractivity contribution in [3.05, 3.63) is 52.1 Å². The minimum Gasteiger partial charge on any atom is -0.348 e. The molecule has 0 atom stereocenters. The molecule has 1 fully saturated rings. The second-order valence-corrected chi connectivity index (χ2v) is 7.12. The van der Waals surface area contributed by atoms with Gasteiger partial charge >= 0.3 is 0 Å². The number of nitrogens with zero attached hydrogens (tertiary/aromatic N) is 3. The van der Waals surface area contributed by atoms with Crippen LogP contribution >= 0.6 is 11.6 Å². The summed E-state index contributed by atoms with van der Waals surface area (Å²) in [4.78, 5) is 14.7. The Labute approximate surface area is 158 Å². The number of aryl methyl sites for hydroxylation is 2. The predicted molar refractivity (Wildman–Crippen MR) is 99.8 cm³/mol. The van der Waals surface area contributed by atoms with Gasteiger partial charge < -0.3 is 5.32 Å². The maximum Gasteiger partial charge on any atom is 0.269 e. The van der Waals surface area contributed by atoms with Crippen molar-refractivity contribution in [2.45, 2.75) is 45.8 Å². The van der Waals surface area contributed by atoms with Gasteiger partial charge in [-0.15, -0.1) is 0 Å². The molecule has 0 unspecified atom stereocenters. The Hall–Kier alpha value is -1.92. The van der Waals surface area contributed by atoms with Crippen LogP contribution in [0.5, 0.6) is 0 Å². The highest BCUT2D eigenvalue weighted by Crippen LogP contribution is 2.22. The number of benzene rings is 1. The van der Waals surface area contributed by atoms with E-state index in [1.807, 2.05) is 19.9 Å². The number of hydrogen-bond donors (Lipinski definition) is 1. The topological polar surface area (TPSA) is 50.2 Å². The SMILES string of the molecule is CCn1nc(C)cc1C(=O)NC1CCN(Cc2c(F)cccc2Cl)CC1. The number of aromatic nitrogens is 2. The second kappa shape index (κ2) is 8.18. The smallest absolute Gasteiger partial charge is 0.269 e. The van der Waals surface area contributed by atoms with Gasteiger partial charge in [0.2, 0.25) is 0 Å². The summed E-state index contributed by atoms with van der Waals surface area (Å²) in [5.74, 6) is -0.348. The second-order valence-electron chi connectivity index (χ2n) is 6.71. The number of carbonyl (C=O) groups excluding carboxylic acids is 1. The Morgan fingerprint density at radius 1 is 1.38 bits per heavy atom. The molecular formula is C19H24ClFN4O. The molecule has 1 saturated heterocycles. The zero-order chi connectivity index (χ0) is 18.7. The maximum atomic E-state index is 13.9. The highest BCUT2D eigenvalue weighted by Gasteiger charge is 2.23. The normalized spacial score (nSPS) is 16.0. The first kappa shape index (κ1) is 18.9. The van der Waals surface area contributed by atoms with Gasteiger partial charge in [0.05, 0.1) is 5.69 Å². The lowest BCUT2D eigenvalue weighted by Gasteiger charge is -2.32.